The van der Waals surface area contributed by atoms with Crippen LogP contribution in [-0.4, -0.2) is 11.4 Å². The molecule has 3 nitrogen and oxygen atoms in total. The van der Waals surface area contributed by atoms with E-state index in [-0.39, 0.29) is 11.4 Å². The molecule has 4 heteroatoms. The fourth-order valence-corrected chi connectivity index (χ4v) is 1.62. The fourth-order valence-electron chi connectivity index (χ4n) is 0.985. The second-order valence-corrected chi connectivity index (χ2v) is 4.96. The van der Waals surface area contributed by atoms with Gasteiger partial charge < -0.3 is 11.1 Å². The molecule has 1 aromatic heterocycles. The molecule has 1 heterocycles. The van der Waals surface area contributed by atoms with Gasteiger partial charge >= 0.3 is 0 Å². The maximum absolute atomic E-state index is 11.4. The number of anilines is 1. The Hall–Kier alpha value is -0.870. The van der Waals surface area contributed by atoms with Crippen molar-refractivity contribution < 1.29 is 4.79 Å². The molecule has 1 amide bonds. The highest BCUT2D eigenvalue weighted by atomic mass is 32.1. The minimum atomic E-state index is -0.271. The molecule has 1 aromatic rings. The van der Waals surface area contributed by atoms with E-state index >= 15 is 0 Å². The van der Waals surface area contributed by atoms with Crippen LogP contribution in [0.1, 0.15) is 26.7 Å². The van der Waals surface area contributed by atoms with Crippen molar-refractivity contribution in [2.45, 2.75) is 32.2 Å². The molecule has 0 aliphatic carbocycles. The zero-order chi connectivity index (χ0) is 10.6. The molecular weight excluding hydrogens is 196 g/mol. The monoisotopic (exact) mass is 212 g/mol. The highest BCUT2D eigenvalue weighted by Gasteiger charge is 2.13. The first-order chi connectivity index (χ1) is 6.47. The average Bonchev–Trinajstić information content (AvgIpc) is 2.52. The van der Waals surface area contributed by atoms with E-state index in [1.807, 2.05) is 31.4 Å². The summed E-state index contributed by atoms with van der Waals surface area (Å²) in [6.45, 7) is 3.84. The number of hydrogen-bond donors (Lipinski definition) is 2. The van der Waals surface area contributed by atoms with Gasteiger partial charge in [0.05, 0.1) is 5.00 Å². The van der Waals surface area contributed by atoms with E-state index in [0.29, 0.717) is 12.8 Å². The van der Waals surface area contributed by atoms with Crippen molar-refractivity contribution in [1.29, 1.82) is 0 Å². The van der Waals surface area contributed by atoms with E-state index in [1.165, 1.54) is 11.3 Å². The van der Waals surface area contributed by atoms with E-state index in [0.717, 1.165) is 5.00 Å². The van der Waals surface area contributed by atoms with Crippen molar-refractivity contribution in [2.24, 2.45) is 5.73 Å². The van der Waals surface area contributed by atoms with Gasteiger partial charge in [-0.3, -0.25) is 4.79 Å². The van der Waals surface area contributed by atoms with Crippen LogP contribution >= 0.6 is 11.3 Å². The van der Waals surface area contributed by atoms with Gasteiger partial charge in [0.2, 0.25) is 5.91 Å². The molecule has 0 aromatic carbocycles. The Morgan fingerprint density at radius 1 is 1.64 bits per heavy atom. The Labute approximate surface area is 88.3 Å². The number of thiophene rings is 1. The Morgan fingerprint density at radius 3 is 2.86 bits per heavy atom. The van der Waals surface area contributed by atoms with Crippen LogP contribution < -0.4 is 11.1 Å². The molecule has 0 spiro atoms. The summed E-state index contributed by atoms with van der Waals surface area (Å²) in [6.07, 6.45) is 1.17. The van der Waals surface area contributed by atoms with E-state index in [4.69, 9.17) is 5.73 Å². The number of rotatable bonds is 4. The van der Waals surface area contributed by atoms with Gasteiger partial charge in [-0.25, -0.2) is 0 Å². The van der Waals surface area contributed by atoms with E-state index in [1.54, 1.807) is 0 Å². The van der Waals surface area contributed by atoms with E-state index in [2.05, 4.69) is 5.32 Å². The third-order valence-electron chi connectivity index (χ3n) is 1.78. The van der Waals surface area contributed by atoms with Gasteiger partial charge in [0.25, 0.3) is 0 Å². The van der Waals surface area contributed by atoms with Crippen LogP contribution in [-0.2, 0) is 4.79 Å². The Morgan fingerprint density at radius 2 is 2.36 bits per heavy atom. The van der Waals surface area contributed by atoms with Crippen molar-refractivity contribution in [1.82, 2.24) is 0 Å². The molecule has 0 atom stereocenters. The molecule has 0 radical (unpaired) electrons. The SMILES string of the molecule is CC(C)(N)CCC(=O)Nc1cccs1. The van der Waals surface area contributed by atoms with Crippen LogP contribution in [0.5, 0.6) is 0 Å². The van der Waals surface area contributed by atoms with E-state index in [9.17, 15) is 4.79 Å². The smallest absolute Gasteiger partial charge is 0.225 e. The minimum Gasteiger partial charge on any atom is -0.326 e. The quantitative estimate of drug-likeness (QED) is 0.804. The molecule has 78 valence electrons. The molecule has 0 aliphatic heterocycles. The fraction of sp³-hybridized carbons (Fsp3) is 0.500. The summed E-state index contributed by atoms with van der Waals surface area (Å²) in [5, 5.41) is 5.64. The lowest BCUT2D eigenvalue weighted by Crippen LogP contribution is -2.33. The first kappa shape index (κ1) is 11.2. The van der Waals surface area contributed by atoms with Crippen LogP contribution in [0.15, 0.2) is 17.5 Å². The van der Waals surface area contributed by atoms with Crippen LogP contribution in [0, 0.1) is 0 Å². The average molecular weight is 212 g/mol. The van der Waals surface area contributed by atoms with Crippen molar-refractivity contribution in [3.05, 3.63) is 17.5 Å². The van der Waals surface area contributed by atoms with E-state index < -0.39 is 0 Å². The minimum absolute atomic E-state index is 0.0333. The number of nitrogens with one attached hydrogen (secondary N) is 1. The molecule has 3 N–H and O–H groups in total. The largest absolute Gasteiger partial charge is 0.326 e. The standard InChI is InChI=1S/C10H16N2OS/c1-10(2,11)6-5-8(13)12-9-4-3-7-14-9/h3-4,7H,5-6,11H2,1-2H3,(H,12,13). The first-order valence-corrected chi connectivity index (χ1v) is 5.47. The van der Waals surface area contributed by atoms with Crippen LogP contribution in [0.4, 0.5) is 5.00 Å². The topological polar surface area (TPSA) is 55.1 Å². The number of nitrogens with two attached hydrogens (primary N) is 1. The first-order valence-electron chi connectivity index (χ1n) is 4.60. The number of carbonyl (C=O) groups is 1. The van der Waals surface area contributed by atoms with Crippen molar-refractivity contribution >= 4 is 22.2 Å². The molecule has 0 saturated heterocycles. The molecule has 0 unspecified atom stereocenters. The molecule has 1 rings (SSSR count). The molecule has 14 heavy (non-hydrogen) atoms. The zero-order valence-corrected chi connectivity index (χ0v) is 9.36. The molecule has 0 fully saturated rings. The Balaban J connectivity index is 2.30. The van der Waals surface area contributed by atoms with Crippen molar-refractivity contribution in [3.63, 3.8) is 0 Å². The van der Waals surface area contributed by atoms with Gasteiger partial charge in [0, 0.05) is 12.0 Å². The summed E-state index contributed by atoms with van der Waals surface area (Å²) < 4.78 is 0. The third kappa shape index (κ3) is 4.39. The highest BCUT2D eigenvalue weighted by Crippen LogP contribution is 2.16. The molecular formula is C10H16N2OS. The van der Waals surface area contributed by atoms with Gasteiger partial charge in [-0.2, -0.15) is 0 Å². The molecule has 0 bridgehead atoms. The van der Waals surface area contributed by atoms with Gasteiger partial charge in [-0.05, 0) is 37.8 Å². The predicted molar refractivity (Wildman–Crippen MR) is 60.4 cm³/mol. The summed E-state index contributed by atoms with van der Waals surface area (Å²) in [4.78, 5) is 11.4. The zero-order valence-electron chi connectivity index (χ0n) is 8.54. The lowest BCUT2D eigenvalue weighted by molar-refractivity contribution is -0.116. The number of amides is 1. The maximum Gasteiger partial charge on any atom is 0.225 e. The second-order valence-electron chi connectivity index (χ2n) is 4.01. The third-order valence-corrected chi connectivity index (χ3v) is 2.57. The van der Waals surface area contributed by atoms with Crippen LogP contribution in [0.3, 0.4) is 0 Å². The Bertz CT molecular complexity index is 288. The maximum atomic E-state index is 11.4. The predicted octanol–water partition coefficient (Wildman–Crippen LogP) is 2.20. The van der Waals surface area contributed by atoms with Crippen LogP contribution in [0.2, 0.25) is 0 Å². The van der Waals surface area contributed by atoms with Crippen molar-refractivity contribution in [2.75, 3.05) is 5.32 Å². The van der Waals surface area contributed by atoms with Crippen LogP contribution in [0.25, 0.3) is 0 Å². The molecule has 0 aliphatic rings. The summed E-state index contributed by atoms with van der Waals surface area (Å²) in [5.74, 6) is 0.0333. The Kier molecular flexibility index (Phi) is 3.66. The summed E-state index contributed by atoms with van der Waals surface area (Å²) in [5.41, 5.74) is 5.51. The van der Waals surface area contributed by atoms with Gasteiger partial charge in [0.15, 0.2) is 0 Å². The summed E-state index contributed by atoms with van der Waals surface area (Å²) in [6, 6.07) is 3.79. The van der Waals surface area contributed by atoms with Crippen molar-refractivity contribution in [3.8, 4) is 0 Å². The van der Waals surface area contributed by atoms with Gasteiger partial charge in [0.1, 0.15) is 0 Å². The normalized spacial score (nSPS) is 11.4. The van der Waals surface area contributed by atoms with Gasteiger partial charge in [-0.15, -0.1) is 11.3 Å². The number of carbonyl (C=O) groups excluding carboxylic acids is 1. The highest BCUT2D eigenvalue weighted by molar-refractivity contribution is 7.14. The summed E-state index contributed by atoms with van der Waals surface area (Å²) in [7, 11) is 0. The summed E-state index contributed by atoms with van der Waals surface area (Å²) >= 11 is 1.52. The van der Waals surface area contributed by atoms with Gasteiger partial charge in [-0.1, -0.05) is 0 Å². The molecule has 0 saturated carbocycles. The lowest BCUT2D eigenvalue weighted by atomic mass is 10.00. The lowest BCUT2D eigenvalue weighted by Gasteiger charge is -2.17. The number of hydrogen-bond acceptors (Lipinski definition) is 3. The second kappa shape index (κ2) is 4.57.